The molecule has 8 aromatic carbocycles. The molecule has 16 heteroatoms. The molecule has 12 rings (SSSR count). The van der Waals surface area contributed by atoms with E-state index in [2.05, 4.69) is 80.1 Å². The van der Waals surface area contributed by atoms with Crippen molar-refractivity contribution in [3.05, 3.63) is 237 Å². The number of rotatable bonds is 14. The molecule has 0 radical (unpaired) electrons. The summed E-state index contributed by atoms with van der Waals surface area (Å²) in [6.45, 7) is 7.43. The zero-order valence-corrected chi connectivity index (χ0v) is 49.5. The second-order valence-corrected chi connectivity index (χ2v) is 24.3. The van der Waals surface area contributed by atoms with Gasteiger partial charge in [0.05, 0.1) is 11.4 Å². The molecular weight excluding hydrogens is 1200 g/mol. The number of benzene rings is 8. The molecule has 0 amide bonds. The van der Waals surface area contributed by atoms with Crippen molar-refractivity contribution >= 4 is 97.6 Å². The topological polar surface area (TPSA) is 160 Å². The smallest absolute Gasteiger partial charge is 0.269 e. The molecule has 0 saturated carbocycles. The summed E-state index contributed by atoms with van der Waals surface area (Å²) in [5.74, 6) is 2.24. The molecule has 2 aliphatic rings. The van der Waals surface area contributed by atoms with Crippen molar-refractivity contribution in [2.45, 2.75) is 38.7 Å². The first-order valence-corrected chi connectivity index (χ1v) is 31.3. The van der Waals surface area contributed by atoms with Gasteiger partial charge in [-0.1, -0.05) is 148 Å². The van der Waals surface area contributed by atoms with Crippen LogP contribution in [-0.4, -0.2) is 39.0 Å². The van der Waals surface area contributed by atoms with Gasteiger partial charge in [0.15, 0.2) is 11.5 Å². The molecular formula is C66H54Br2N2O10S2. The van der Waals surface area contributed by atoms with Crippen LogP contribution in [0.5, 0.6) is 11.5 Å². The molecule has 2 N–H and O–H groups in total. The summed E-state index contributed by atoms with van der Waals surface area (Å²) in [6.07, 6.45) is 6.13. The first-order valence-electron chi connectivity index (χ1n) is 26.5. The number of halogens is 2. The van der Waals surface area contributed by atoms with Crippen LogP contribution in [0.2, 0.25) is 0 Å². The molecule has 10 aromatic rings. The van der Waals surface area contributed by atoms with Crippen LogP contribution in [0.25, 0.3) is 78.6 Å². The quantitative estimate of drug-likeness (QED) is 0.0994. The number of nitrogens with zero attached hydrogens (tertiary/aromatic N) is 2. The van der Waals surface area contributed by atoms with Gasteiger partial charge < -0.3 is 28.1 Å². The number of allylic oxidation sites excluding steroid dienone is 2. The Balaban J connectivity index is 0.000000174. The normalized spacial score (nSPS) is 14.3. The van der Waals surface area contributed by atoms with Crippen LogP contribution in [0.15, 0.2) is 223 Å². The summed E-state index contributed by atoms with van der Waals surface area (Å²) in [5, 5.41) is 1.26. The lowest BCUT2D eigenvalue weighted by molar-refractivity contribution is 0.439. The largest absolute Gasteiger partial charge is 0.456 e. The van der Waals surface area contributed by atoms with Crippen molar-refractivity contribution < 1.29 is 44.2 Å². The second kappa shape index (κ2) is 23.5. The minimum atomic E-state index is -4.33. The van der Waals surface area contributed by atoms with E-state index in [0.717, 1.165) is 76.2 Å². The van der Waals surface area contributed by atoms with Crippen molar-refractivity contribution in [2.75, 3.05) is 22.9 Å². The standard InChI is InChI=1S/C35H29Br2NO5S.C31H25NO5S/c1-3-22(18-35-38(4-2)31-20-26(10-16-33(31)43-35)24-7-13-28(37)14-8-24)17-34-30(21-44(39,40)41)29-19-25(9-15-32(29)42-34)23-5-11-27(36)12-6-23;1-2-32-27-18-24(22-11-7-4-8-12-22)14-16-29(27)37-31(32)19-30-26(20-38(33,34)35)25-17-23(13-15-28(25)36-30)21-9-5-3-6-10-21/h5-20H,3-4,21H2,1-2H3,(H,39,40,41);3-19H,2,20H2,1H3,(H,33,34,35)/b22-17-,35-18+;. The zero-order valence-electron chi connectivity index (χ0n) is 44.7. The van der Waals surface area contributed by atoms with Crippen molar-refractivity contribution in [3.63, 3.8) is 0 Å². The third-order valence-electron chi connectivity index (χ3n) is 14.2. The van der Waals surface area contributed by atoms with E-state index in [1.54, 1.807) is 6.08 Å². The number of hydrogen-bond acceptors (Lipinski definition) is 10. The average Bonchev–Trinajstić information content (AvgIpc) is 4.38. The van der Waals surface area contributed by atoms with Gasteiger partial charge in [-0.25, -0.2) is 0 Å². The number of furan rings is 2. The maximum atomic E-state index is 12.1. The average molecular weight is 1260 g/mol. The summed E-state index contributed by atoms with van der Waals surface area (Å²) in [5.41, 5.74) is 12.8. The van der Waals surface area contributed by atoms with Crippen LogP contribution >= 0.6 is 31.9 Å². The zero-order chi connectivity index (χ0) is 57.3. The minimum Gasteiger partial charge on any atom is -0.456 e. The lowest BCUT2D eigenvalue weighted by Gasteiger charge is -2.16. The van der Waals surface area contributed by atoms with Crippen LogP contribution in [0.1, 0.15) is 49.8 Å². The molecule has 2 aliphatic heterocycles. The van der Waals surface area contributed by atoms with E-state index in [9.17, 15) is 25.9 Å². The minimum absolute atomic E-state index is 0.326. The Kier molecular flexibility index (Phi) is 16.0. The van der Waals surface area contributed by atoms with E-state index >= 15 is 0 Å². The SMILES string of the molecule is CCC(=C/c1oc2ccc(-c3ccc(Br)cc3)cc2c1CS(=O)(=O)O)/C=C1/Oc2ccc(-c3ccc(Br)cc3)cc2N1CC.CCN1C(=Cc2oc3ccc(-c4ccccc4)cc3c2CS(=O)(=O)O)Oc2ccc(-c3ccccc3)cc21. The lowest BCUT2D eigenvalue weighted by atomic mass is 10.0. The van der Waals surface area contributed by atoms with Gasteiger partial charge in [-0.2, -0.15) is 16.8 Å². The maximum Gasteiger partial charge on any atom is 0.269 e. The Hall–Kier alpha value is -7.96. The van der Waals surface area contributed by atoms with Gasteiger partial charge >= 0.3 is 0 Å². The van der Waals surface area contributed by atoms with Crippen LogP contribution in [0, 0.1) is 0 Å². The van der Waals surface area contributed by atoms with E-state index in [0.29, 0.717) is 81.6 Å². The molecule has 414 valence electrons. The van der Waals surface area contributed by atoms with Gasteiger partial charge in [-0.3, -0.25) is 9.11 Å². The maximum absolute atomic E-state index is 12.1. The van der Waals surface area contributed by atoms with Crippen molar-refractivity contribution in [3.8, 4) is 56.0 Å². The predicted molar refractivity (Wildman–Crippen MR) is 335 cm³/mol. The van der Waals surface area contributed by atoms with Gasteiger partial charge in [0.25, 0.3) is 20.2 Å². The molecule has 0 bridgehead atoms. The van der Waals surface area contributed by atoms with Crippen molar-refractivity contribution in [1.29, 1.82) is 0 Å². The molecule has 0 atom stereocenters. The fourth-order valence-corrected chi connectivity index (χ4v) is 12.1. The predicted octanol–water partition coefficient (Wildman–Crippen LogP) is 17.6. The van der Waals surface area contributed by atoms with Gasteiger partial charge in [0.1, 0.15) is 34.2 Å². The van der Waals surface area contributed by atoms with Crippen LogP contribution in [-0.2, 0) is 31.7 Å². The summed E-state index contributed by atoms with van der Waals surface area (Å²) in [4.78, 5) is 4.13. The molecule has 0 saturated heterocycles. The van der Waals surface area contributed by atoms with Crippen LogP contribution < -0.4 is 19.3 Å². The van der Waals surface area contributed by atoms with E-state index < -0.39 is 31.7 Å². The Labute approximate surface area is 493 Å². The Bertz CT molecular complexity index is 4370. The highest BCUT2D eigenvalue weighted by atomic mass is 79.9. The number of ether oxygens (including phenoxy) is 2. The fourth-order valence-electron chi connectivity index (χ4n) is 10.2. The van der Waals surface area contributed by atoms with Crippen LogP contribution in [0.4, 0.5) is 11.4 Å². The lowest BCUT2D eigenvalue weighted by Crippen LogP contribution is -2.19. The van der Waals surface area contributed by atoms with E-state index in [4.69, 9.17) is 18.3 Å². The summed E-state index contributed by atoms with van der Waals surface area (Å²) in [6, 6.07) is 59.5. The molecule has 0 aliphatic carbocycles. The number of hydrogen-bond donors (Lipinski definition) is 2. The first-order chi connectivity index (χ1) is 39.5. The fraction of sp³-hybridized carbons (Fsp3) is 0.121. The van der Waals surface area contributed by atoms with Gasteiger partial charge in [0.2, 0.25) is 11.8 Å². The molecule has 4 heterocycles. The Morgan fingerprint density at radius 1 is 0.476 bits per heavy atom. The van der Waals surface area contributed by atoms with Crippen LogP contribution in [0.3, 0.4) is 0 Å². The van der Waals surface area contributed by atoms with E-state index in [1.165, 1.54) is 0 Å². The molecule has 12 nitrogen and oxygen atoms in total. The molecule has 2 aromatic heterocycles. The van der Waals surface area contributed by atoms with E-state index in [-0.39, 0.29) is 0 Å². The highest BCUT2D eigenvalue weighted by molar-refractivity contribution is 9.10. The Morgan fingerprint density at radius 3 is 1.32 bits per heavy atom. The van der Waals surface area contributed by atoms with E-state index in [1.807, 2.05) is 176 Å². The van der Waals surface area contributed by atoms with Crippen molar-refractivity contribution in [1.82, 2.24) is 0 Å². The monoisotopic (exact) mass is 1260 g/mol. The number of fused-ring (bicyclic) bond motifs is 4. The molecule has 82 heavy (non-hydrogen) atoms. The van der Waals surface area contributed by atoms with Gasteiger partial charge in [0, 0.05) is 56.1 Å². The first kappa shape index (κ1) is 55.9. The molecule has 0 spiro atoms. The summed E-state index contributed by atoms with van der Waals surface area (Å²) >= 11 is 6.97. The third kappa shape index (κ3) is 12.3. The number of anilines is 2. The highest BCUT2D eigenvalue weighted by Crippen LogP contribution is 2.45. The van der Waals surface area contributed by atoms with Crippen molar-refractivity contribution in [2.24, 2.45) is 0 Å². The Morgan fingerprint density at radius 2 is 0.866 bits per heavy atom. The second-order valence-electron chi connectivity index (χ2n) is 19.6. The summed E-state index contributed by atoms with van der Waals surface area (Å²) < 4.78 is 94.7. The molecule has 0 unspecified atom stereocenters. The summed E-state index contributed by atoms with van der Waals surface area (Å²) in [7, 11) is -8.66. The van der Waals surface area contributed by atoms with Gasteiger partial charge in [-0.05, 0) is 149 Å². The third-order valence-corrected chi connectivity index (χ3v) is 16.6. The highest BCUT2D eigenvalue weighted by Gasteiger charge is 2.29. The molecule has 0 fully saturated rings. The van der Waals surface area contributed by atoms with Gasteiger partial charge in [-0.15, -0.1) is 0 Å².